The molecule has 0 saturated heterocycles. The predicted octanol–water partition coefficient (Wildman–Crippen LogP) is 6.68. The van der Waals surface area contributed by atoms with Crippen molar-refractivity contribution in [3.8, 4) is 5.75 Å². The second kappa shape index (κ2) is 8.96. The lowest BCUT2D eigenvalue weighted by Crippen LogP contribution is -2.29. The monoisotopic (exact) mass is 418 g/mol. The zero-order valence-corrected chi connectivity index (χ0v) is 18.8. The number of benzene rings is 1. The Bertz CT molecular complexity index is 828. The SMILES string of the molecule is CCc1cc2c(cc1OP(=O)(O)O[C@H]1CC3=C(CCCC3)CC1CC)CCCC2. The van der Waals surface area contributed by atoms with Gasteiger partial charge in [0.25, 0.3) is 0 Å². The standard InChI is InChI=1S/C24H35O4P/c1-3-17-13-19-9-5-7-11-21(19)15-23(17)27-29(25,26)28-24-16-22-12-8-6-10-20(22)14-18(24)4-2/h13,15,18,24H,3-12,14,16H2,1-2H3,(H,25,26)/t18?,24-/m0/s1. The summed E-state index contributed by atoms with van der Waals surface area (Å²) in [7, 11) is -4.18. The van der Waals surface area contributed by atoms with Crippen molar-refractivity contribution < 1.29 is 18.5 Å². The van der Waals surface area contributed by atoms with Crippen molar-refractivity contribution in [2.75, 3.05) is 0 Å². The molecule has 0 amide bonds. The maximum Gasteiger partial charge on any atom is 0.527 e. The molecular weight excluding hydrogens is 383 g/mol. The number of aryl methyl sites for hydroxylation is 3. The van der Waals surface area contributed by atoms with Gasteiger partial charge in [0.15, 0.2) is 0 Å². The zero-order valence-electron chi connectivity index (χ0n) is 17.9. The molecule has 4 rings (SSSR count). The molecule has 0 heterocycles. The van der Waals surface area contributed by atoms with E-state index in [-0.39, 0.29) is 6.10 Å². The van der Waals surface area contributed by atoms with E-state index in [1.807, 2.05) is 6.07 Å². The summed E-state index contributed by atoms with van der Waals surface area (Å²) in [6.07, 6.45) is 12.6. The van der Waals surface area contributed by atoms with Crippen LogP contribution in [0.4, 0.5) is 0 Å². The Morgan fingerprint density at radius 2 is 1.59 bits per heavy atom. The molecule has 1 aromatic carbocycles. The Hall–Kier alpha value is -1.09. The van der Waals surface area contributed by atoms with Crippen molar-refractivity contribution >= 4 is 7.82 Å². The number of allylic oxidation sites excluding steroid dienone is 1. The minimum atomic E-state index is -4.18. The highest BCUT2D eigenvalue weighted by atomic mass is 31.2. The molecule has 2 unspecified atom stereocenters. The molecule has 29 heavy (non-hydrogen) atoms. The lowest BCUT2D eigenvalue weighted by Gasteiger charge is -2.36. The molecular formula is C24H35O4P. The first-order valence-electron chi connectivity index (χ1n) is 11.5. The Balaban J connectivity index is 1.51. The van der Waals surface area contributed by atoms with E-state index in [4.69, 9.17) is 9.05 Å². The number of hydrogen-bond donors (Lipinski definition) is 1. The average molecular weight is 419 g/mol. The second-order valence-corrected chi connectivity index (χ2v) is 10.3. The quantitative estimate of drug-likeness (QED) is 0.413. The molecule has 1 aromatic rings. The van der Waals surface area contributed by atoms with Gasteiger partial charge in [-0.05, 0) is 99.3 Å². The van der Waals surface area contributed by atoms with Crippen molar-refractivity contribution in [1.29, 1.82) is 0 Å². The van der Waals surface area contributed by atoms with Crippen LogP contribution in [-0.2, 0) is 28.4 Å². The smallest absolute Gasteiger partial charge is 0.404 e. The van der Waals surface area contributed by atoms with Gasteiger partial charge in [-0.25, -0.2) is 4.57 Å². The third kappa shape index (κ3) is 4.81. The van der Waals surface area contributed by atoms with E-state index in [9.17, 15) is 9.46 Å². The largest absolute Gasteiger partial charge is 0.527 e. The van der Waals surface area contributed by atoms with Gasteiger partial charge in [0, 0.05) is 0 Å². The third-order valence-electron chi connectivity index (χ3n) is 7.10. The van der Waals surface area contributed by atoms with Crippen molar-refractivity contribution in [2.45, 2.75) is 97.0 Å². The molecule has 3 aliphatic carbocycles. The number of hydrogen-bond acceptors (Lipinski definition) is 3. The van der Waals surface area contributed by atoms with Gasteiger partial charge in [0.2, 0.25) is 0 Å². The van der Waals surface area contributed by atoms with Crippen molar-refractivity contribution in [3.63, 3.8) is 0 Å². The van der Waals surface area contributed by atoms with Crippen LogP contribution in [0.5, 0.6) is 5.75 Å². The number of phosphoric ester groups is 1. The second-order valence-electron chi connectivity index (χ2n) is 8.98. The molecule has 0 aromatic heterocycles. The summed E-state index contributed by atoms with van der Waals surface area (Å²) in [5.74, 6) is 0.825. The van der Waals surface area contributed by atoms with Crippen molar-refractivity contribution in [3.05, 3.63) is 40.0 Å². The van der Waals surface area contributed by atoms with Crippen LogP contribution in [0.1, 0.15) is 88.3 Å². The van der Waals surface area contributed by atoms with Crippen LogP contribution >= 0.6 is 7.82 Å². The highest BCUT2D eigenvalue weighted by molar-refractivity contribution is 7.47. The third-order valence-corrected chi connectivity index (χ3v) is 8.07. The highest BCUT2D eigenvalue weighted by Gasteiger charge is 2.37. The molecule has 0 fully saturated rings. The molecule has 0 bridgehead atoms. The van der Waals surface area contributed by atoms with Gasteiger partial charge in [-0.1, -0.05) is 37.5 Å². The first-order chi connectivity index (χ1) is 14.0. The maximum atomic E-state index is 13.0. The Kier molecular flexibility index (Phi) is 6.53. The number of phosphoric acid groups is 1. The van der Waals surface area contributed by atoms with Gasteiger partial charge >= 0.3 is 7.82 Å². The first-order valence-corrected chi connectivity index (χ1v) is 13.0. The van der Waals surface area contributed by atoms with Crippen LogP contribution in [0.25, 0.3) is 0 Å². The van der Waals surface area contributed by atoms with Crippen LogP contribution in [0.3, 0.4) is 0 Å². The van der Waals surface area contributed by atoms with Crippen LogP contribution in [0, 0.1) is 5.92 Å². The summed E-state index contributed by atoms with van der Waals surface area (Å²) in [5, 5.41) is 0. The van der Waals surface area contributed by atoms with Gasteiger partial charge in [0.05, 0.1) is 6.10 Å². The molecule has 4 nitrogen and oxygen atoms in total. The van der Waals surface area contributed by atoms with Crippen LogP contribution < -0.4 is 4.52 Å². The van der Waals surface area contributed by atoms with Gasteiger partial charge in [-0.15, -0.1) is 0 Å². The minimum Gasteiger partial charge on any atom is -0.404 e. The molecule has 1 N–H and O–H groups in total. The highest BCUT2D eigenvalue weighted by Crippen LogP contribution is 2.51. The zero-order chi connectivity index (χ0) is 20.4. The summed E-state index contributed by atoms with van der Waals surface area (Å²) in [4.78, 5) is 10.6. The molecule has 0 spiro atoms. The lowest BCUT2D eigenvalue weighted by atomic mass is 9.75. The molecule has 160 valence electrons. The fourth-order valence-corrected chi connectivity index (χ4v) is 6.45. The molecule has 0 saturated carbocycles. The Labute approximate surface area is 175 Å². The number of rotatable bonds is 6. The average Bonchev–Trinajstić information content (AvgIpc) is 2.72. The summed E-state index contributed by atoms with van der Waals surface area (Å²) < 4.78 is 24.5. The number of fused-ring (bicyclic) bond motifs is 1. The summed E-state index contributed by atoms with van der Waals surface area (Å²) in [6.45, 7) is 4.21. The minimum absolute atomic E-state index is 0.226. The van der Waals surface area contributed by atoms with E-state index in [0.29, 0.717) is 11.7 Å². The molecule has 5 heteroatoms. The maximum absolute atomic E-state index is 13.0. The molecule has 0 radical (unpaired) electrons. The first kappa shape index (κ1) is 21.2. The molecule has 3 aliphatic rings. The van der Waals surface area contributed by atoms with E-state index in [1.54, 1.807) is 5.57 Å². The summed E-state index contributed by atoms with van der Waals surface area (Å²) >= 11 is 0. The van der Waals surface area contributed by atoms with Crippen molar-refractivity contribution in [2.24, 2.45) is 5.92 Å². The Morgan fingerprint density at radius 3 is 2.24 bits per heavy atom. The van der Waals surface area contributed by atoms with Crippen LogP contribution in [0.2, 0.25) is 0 Å². The van der Waals surface area contributed by atoms with E-state index >= 15 is 0 Å². The lowest BCUT2D eigenvalue weighted by molar-refractivity contribution is 0.0806. The van der Waals surface area contributed by atoms with E-state index in [0.717, 1.165) is 50.5 Å². The van der Waals surface area contributed by atoms with E-state index < -0.39 is 7.82 Å². The molecule has 0 aliphatic heterocycles. The van der Waals surface area contributed by atoms with Gasteiger partial charge < -0.3 is 4.52 Å². The Morgan fingerprint density at radius 1 is 0.966 bits per heavy atom. The van der Waals surface area contributed by atoms with E-state index in [1.165, 1.54) is 48.8 Å². The normalized spacial score (nSPS) is 26.4. The van der Waals surface area contributed by atoms with Gasteiger partial charge in [-0.2, -0.15) is 0 Å². The molecule has 3 atom stereocenters. The fourth-order valence-electron chi connectivity index (χ4n) is 5.40. The van der Waals surface area contributed by atoms with Gasteiger partial charge in [-0.3, -0.25) is 9.42 Å². The van der Waals surface area contributed by atoms with Crippen LogP contribution in [0.15, 0.2) is 23.3 Å². The summed E-state index contributed by atoms with van der Waals surface area (Å²) in [6, 6.07) is 4.15. The topological polar surface area (TPSA) is 55.8 Å². The van der Waals surface area contributed by atoms with Crippen molar-refractivity contribution in [1.82, 2.24) is 0 Å². The van der Waals surface area contributed by atoms with E-state index in [2.05, 4.69) is 19.9 Å². The summed E-state index contributed by atoms with van der Waals surface area (Å²) in [5.41, 5.74) is 6.67. The fraction of sp³-hybridized carbons (Fsp3) is 0.667. The van der Waals surface area contributed by atoms with Crippen LogP contribution in [-0.4, -0.2) is 11.0 Å². The predicted molar refractivity (Wildman–Crippen MR) is 116 cm³/mol. The van der Waals surface area contributed by atoms with Gasteiger partial charge in [0.1, 0.15) is 5.75 Å².